The fourth-order valence-corrected chi connectivity index (χ4v) is 11.0. The van der Waals surface area contributed by atoms with Crippen LogP contribution in [0.3, 0.4) is 0 Å². The van der Waals surface area contributed by atoms with E-state index in [1.165, 1.54) is 7.11 Å². The third kappa shape index (κ3) is 6.00. The summed E-state index contributed by atoms with van der Waals surface area (Å²) in [7, 11) is 1.45. The second kappa shape index (κ2) is 14.8. The Hall–Kier alpha value is -2.99. The lowest BCUT2D eigenvalue weighted by atomic mass is 9.43. The largest absolute Gasteiger partial charge is 0.509 e. The van der Waals surface area contributed by atoms with Crippen LogP contribution >= 0.6 is 11.6 Å². The number of allylic oxidation sites excluding steroid dienone is 1. The topological polar surface area (TPSA) is 144 Å². The summed E-state index contributed by atoms with van der Waals surface area (Å²) in [6, 6.07) is 9.10. The first kappa shape index (κ1) is 37.8. The molecule has 0 amide bonds. The fraction of sp³-hybridized carbons (Fsp3) is 0.692. The molecule has 12 atom stereocenters. The number of carboxylic acid groups (broad SMARTS) is 1. The Labute approximate surface area is 304 Å². The third-order valence-electron chi connectivity index (χ3n) is 12.8. The molecular weight excluding hydrogens is 680 g/mol. The molecule has 1 aliphatic heterocycles. The van der Waals surface area contributed by atoms with Gasteiger partial charge in [-0.2, -0.15) is 0 Å². The first-order chi connectivity index (χ1) is 24.4. The molecule has 6 rings (SSSR count). The maximum atomic E-state index is 13.9. The van der Waals surface area contributed by atoms with Crippen LogP contribution in [0.15, 0.2) is 42.0 Å². The molecule has 1 saturated heterocycles. The molecule has 0 aromatic heterocycles. The third-order valence-corrected chi connectivity index (χ3v) is 13.1. The number of hydrogen-bond acceptors (Lipinski definition) is 10. The second-order valence-corrected chi connectivity index (χ2v) is 15.9. The summed E-state index contributed by atoms with van der Waals surface area (Å²) >= 11 is 5.85. The summed E-state index contributed by atoms with van der Waals surface area (Å²) < 4.78 is 36.0. The average molecular weight is 731 g/mol. The lowest BCUT2D eigenvalue weighted by Gasteiger charge is -2.58. The highest BCUT2D eigenvalue weighted by molar-refractivity contribution is 6.17. The second-order valence-electron chi connectivity index (χ2n) is 15.6. The van der Waals surface area contributed by atoms with Crippen molar-refractivity contribution in [3.05, 3.63) is 47.5 Å². The highest BCUT2D eigenvalue weighted by Crippen LogP contribution is 2.82. The lowest BCUT2D eigenvalue weighted by Crippen LogP contribution is -2.65. The monoisotopic (exact) mass is 730 g/mol. The number of aliphatic carboxylic acids is 1. The van der Waals surface area contributed by atoms with Gasteiger partial charge in [0, 0.05) is 24.8 Å². The van der Waals surface area contributed by atoms with Crippen molar-refractivity contribution in [2.45, 2.75) is 104 Å². The first-order valence-electron chi connectivity index (χ1n) is 18.2. The van der Waals surface area contributed by atoms with Crippen molar-refractivity contribution < 1.29 is 52.7 Å². The van der Waals surface area contributed by atoms with Crippen LogP contribution in [0, 0.1) is 45.8 Å². The Balaban J connectivity index is 1.35. The van der Waals surface area contributed by atoms with Crippen LogP contribution in [0.25, 0.3) is 0 Å². The van der Waals surface area contributed by atoms with Crippen LogP contribution in [0.4, 0.5) is 4.79 Å². The summed E-state index contributed by atoms with van der Waals surface area (Å²) in [6.45, 7) is 7.76. The molecule has 4 aliphatic carbocycles. The maximum Gasteiger partial charge on any atom is 0.509 e. The number of carbonyl (C=O) groups excluding carboxylic acids is 3. The van der Waals surface area contributed by atoms with Crippen molar-refractivity contribution >= 4 is 36.0 Å². The molecular formula is C39H51ClO11. The van der Waals surface area contributed by atoms with E-state index in [-0.39, 0.29) is 49.2 Å². The van der Waals surface area contributed by atoms with Crippen LogP contribution in [0.2, 0.25) is 0 Å². The Morgan fingerprint density at radius 1 is 1.06 bits per heavy atom. The number of hydrogen-bond donors (Lipinski definition) is 1. The van der Waals surface area contributed by atoms with Gasteiger partial charge >= 0.3 is 18.1 Å². The van der Waals surface area contributed by atoms with E-state index in [9.17, 15) is 24.3 Å². The number of carboxylic acids is 1. The zero-order chi connectivity index (χ0) is 36.7. The van der Waals surface area contributed by atoms with Crippen LogP contribution in [-0.4, -0.2) is 79.8 Å². The van der Waals surface area contributed by atoms with Crippen molar-refractivity contribution in [1.82, 2.24) is 0 Å². The van der Waals surface area contributed by atoms with E-state index in [1.807, 2.05) is 32.0 Å². The van der Waals surface area contributed by atoms with Crippen molar-refractivity contribution in [3.8, 4) is 0 Å². The summed E-state index contributed by atoms with van der Waals surface area (Å²) in [4.78, 5) is 53.7. The average Bonchev–Trinajstić information content (AvgIpc) is 3.68. The predicted molar refractivity (Wildman–Crippen MR) is 184 cm³/mol. The summed E-state index contributed by atoms with van der Waals surface area (Å²) in [6.07, 6.45) is -0.0758. The highest BCUT2D eigenvalue weighted by atomic mass is 35.5. The van der Waals surface area contributed by atoms with Gasteiger partial charge in [0.15, 0.2) is 18.5 Å². The Morgan fingerprint density at radius 2 is 1.80 bits per heavy atom. The smallest absolute Gasteiger partial charge is 0.481 e. The predicted octanol–water partition coefficient (Wildman–Crippen LogP) is 6.34. The molecule has 51 heavy (non-hydrogen) atoms. The lowest BCUT2D eigenvalue weighted by molar-refractivity contribution is -0.310. The zero-order valence-corrected chi connectivity index (χ0v) is 30.8. The van der Waals surface area contributed by atoms with Gasteiger partial charge in [0.1, 0.15) is 24.4 Å². The van der Waals surface area contributed by atoms with Crippen LogP contribution in [-0.2, 0) is 49.4 Å². The molecule has 1 aromatic carbocycles. The van der Waals surface area contributed by atoms with E-state index in [4.69, 9.17) is 40.0 Å². The number of rotatable bonds is 14. The van der Waals surface area contributed by atoms with Gasteiger partial charge in [-0.05, 0) is 67.8 Å². The van der Waals surface area contributed by atoms with Gasteiger partial charge in [0.2, 0.25) is 0 Å². The van der Waals surface area contributed by atoms with E-state index >= 15 is 0 Å². The molecule has 5 aliphatic rings. The number of halogens is 1. The van der Waals surface area contributed by atoms with E-state index in [2.05, 4.69) is 13.0 Å². The molecule has 1 aromatic rings. The number of benzene rings is 1. The number of carbonyl (C=O) groups is 4. The maximum absolute atomic E-state index is 13.9. The number of ether oxygens (including phenoxy) is 6. The van der Waals surface area contributed by atoms with Crippen molar-refractivity contribution in [1.29, 1.82) is 0 Å². The Kier molecular flexibility index (Phi) is 11.0. The summed E-state index contributed by atoms with van der Waals surface area (Å²) in [5.41, 5.74) is -1.99. The van der Waals surface area contributed by atoms with Crippen molar-refractivity contribution in [2.75, 3.05) is 19.6 Å². The van der Waals surface area contributed by atoms with Crippen LogP contribution in [0.1, 0.15) is 71.8 Å². The SMILES string of the molecule is CO[C@H]1[C@@H](OC(=O)CCCCl)[C@H](OC(=O)OCc2ccccc2)[C@H](OCC23CC4C(C)CCC4C4(C=O)CC2C=C(C(C)C)C43C(=O)O)O[C@@H]1C. The van der Waals surface area contributed by atoms with Gasteiger partial charge in [0.25, 0.3) is 0 Å². The van der Waals surface area contributed by atoms with Crippen LogP contribution in [0.5, 0.6) is 0 Å². The van der Waals surface area contributed by atoms with E-state index in [0.29, 0.717) is 25.2 Å². The minimum absolute atomic E-state index is 0.0342. The molecule has 11 nitrogen and oxygen atoms in total. The van der Waals surface area contributed by atoms with Gasteiger partial charge in [-0.15, -0.1) is 11.6 Å². The fourth-order valence-electron chi connectivity index (χ4n) is 10.8. The standard InChI is InChI=1S/C39H51ClO11/c1-22(2)29-16-26-17-37(20-41)28-14-13-23(3)27(28)18-38(26,39(29,37)35(43)44)21-48-34-33(51-36(45)47-19-25-10-7-6-8-11-25)32(31(46-5)24(4)49-34)50-30(42)12-9-15-40/h6-8,10-11,16,20,22-24,26-28,31-34H,9,12-15,17-19,21H2,1-5H3,(H,43,44)/t23?,24-,26?,27?,28?,31-,32-,33+,34-,37?,38?,39?/m1/s1. The van der Waals surface area contributed by atoms with E-state index in [1.54, 1.807) is 19.1 Å². The summed E-state index contributed by atoms with van der Waals surface area (Å²) in [5.74, 6) is -1.21. The Morgan fingerprint density at radius 3 is 2.45 bits per heavy atom. The number of aldehydes is 1. The van der Waals surface area contributed by atoms with Crippen molar-refractivity contribution in [3.63, 3.8) is 0 Å². The zero-order valence-electron chi connectivity index (χ0n) is 30.1. The number of alkyl halides is 1. The Bertz CT molecular complexity index is 1500. The molecule has 0 radical (unpaired) electrons. The number of fused-ring (bicyclic) bond motifs is 2. The van der Waals surface area contributed by atoms with E-state index in [0.717, 1.165) is 30.3 Å². The molecule has 4 bridgehead atoms. The minimum Gasteiger partial charge on any atom is -0.481 e. The molecule has 4 fully saturated rings. The molecule has 1 heterocycles. The molecule has 7 unspecified atom stereocenters. The van der Waals surface area contributed by atoms with Gasteiger partial charge in [0.05, 0.1) is 18.1 Å². The number of esters is 1. The van der Waals surface area contributed by atoms with Gasteiger partial charge < -0.3 is 38.3 Å². The van der Waals surface area contributed by atoms with E-state index < -0.39 is 65.0 Å². The molecule has 1 N–H and O–H groups in total. The quantitative estimate of drug-likeness (QED) is 0.0991. The first-order valence-corrected chi connectivity index (χ1v) is 18.8. The van der Waals surface area contributed by atoms with Gasteiger partial charge in [-0.3, -0.25) is 9.59 Å². The molecule has 12 heteroatoms. The van der Waals surface area contributed by atoms with Crippen molar-refractivity contribution in [2.24, 2.45) is 45.8 Å². The number of methoxy groups -OCH3 is 1. The summed E-state index contributed by atoms with van der Waals surface area (Å²) in [5, 5.41) is 11.4. The minimum atomic E-state index is -1.47. The van der Waals surface area contributed by atoms with Crippen LogP contribution < -0.4 is 0 Å². The molecule has 0 spiro atoms. The molecule has 3 saturated carbocycles. The normalized spacial score (nSPS) is 39.3. The molecule has 280 valence electrons. The highest BCUT2D eigenvalue weighted by Gasteiger charge is 2.84. The van der Waals surface area contributed by atoms with Gasteiger partial charge in [-0.25, -0.2) is 4.79 Å². The van der Waals surface area contributed by atoms with Gasteiger partial charge in [-0.1, -0.05) is 69.2 Å².